The van der Waals surface area contributed by atoms with Gasteiger partial charge in [0.15, 0.2) is 0 Å². The molecule has 0 aromatic heterocycles. The molecule has 2 heteroatoms. The molecule has 7 heavy (non-hydrogen) atoms. The third-order valence-corrected chi connectivity index (χ3v) is 0.671. The maximum absolute atomic E-state index is 2.18. The highest BCUT2D eigenvalue weighted by molar-refractivity contribution is 4.34. The summed E-state index contributed by atoms with van der Waals surface area (Å²) >= 11 is 0. The monoisotopic (exact) mass is 107 g/mol. The number of nitrogens with zero attached hydrogens (tertiary/aromatic N) is 1. The maximum atomic E-state index is 2.18. The molecule has 0 radical (unpaired) electrons. The minimum atomic E-state index is 0. The summed E-state index contributed by atoms with van der Waals surface area (Å²) in [7, 11) is 4.17. The van der Waals surface area contributed by atoms with E-state index in [-0.39, 0.29) is 4.70 Å². The van der Waals surface area contributed by atoms with Gasteiger partial charge in [0.05, 0.1) is 0 Å². The van der Waals surface area contributed by atoms with Gasteiger partial charge in [-0.15, -0.1) is 0 Å². The van der Waals surface area contributed by atoms with E-state index in [4.69, 9.17) is 0 Å². The fraction of sp³-hybridized carbons (Fsp3) is 1.00. The molecule has 0 atom stereocenters. The number of hydrogen-bond acceptors (Lipinski definition) is 1. The van der Waals surface area contributed by atoms with Crippen molar-refractivity contribution in [1.82, 2.24) is 4.90 Å². The second-order valence-electron chi connectivity index (χ2n) is 1.80. The predicted octanol–water partition coefficient (Wildman–Crippen LogP) is 1.11. The fourth-order valence-electron chi connectivity index (χ4n) is 0.447. The second kappa shape index (κ2) is 5.89. The van der Waals surface area contributed by atoms with Crippen LogP contribution in [0.4, 0.5) is 4.70 Å². The molecular formula is C5H14FN. The Hall–Kier alpha value is -0.110. The lowest BCUT2D eigenvalue weighted by molar-refractivity contribution is 0.408. The quantitative estimate of drug-likeness (QED) is 0.511. The van der Waals surface area contributed by atoms with E-state index in [0.29, 0.717) is 0 Å². The van der Waals surface area contributed by atoms with Crippen molar-refractivity contribution < 1.29 is 4.70 Å². The van der Waals surface area contributed by atoms with E-state index in [2.05, 4.69) is 25.9 Å². The van der Waals surface area contributed by atoms with E-state index in [0.717, 1.165) is 0 Å². The van der Waals surface area contributed by atoms with Crippen LogP contribution in [0, 0.1) is 0 Å². The Balaban J connectivity index is 0. The van der Waals surface area contributed by atoms with E-state index in [1.54, 1.807) is 0 Å². The van der Waals surface area contributed by atoms with Crippen LogP contribution in [0.3, 0.4) is 0 Å². The third kappa shape index (κ3) is 10.7. The van der Waals surface area contributed by atoms with Gasteiger partial charge in [-0.25, -0.2) is 0 Å². The van der Waals surface area contributed by atoms with E-state index in [1.807, 2.05) is 0 Å². The summed E-state index contributed by atoms with van der Waals surface area (Å²) in [6.45, 7) is 3.39. The Kier molecular flexibility index (Phi) is 8.41. The van der Waals surface area contributed by atoms with Crippen molar-refractivity contribution in [3.8, 4) is 0 Å². The largest absolute Gasteiger partial charge is 0.309 e. The minimum absolute atomic E-state index is 0. The van der Waals surface area contributed by atoms with Crippen LogP contribution in [-0.4, -0.2) is 25.5 Å². The number of hydrogen-bond donors (Lipinski definition) is 0. The summed E-state index contributed by atoms with van der Waals surface area (Å²) in [6, 6.07) is 0. The lowest BCUT2D eigenvalue weighted by Gasteiger charge is -2.03. The van der Waals surface area contributed by atoms with Crippen molar-refractivity contribution in [1.29, 1.82) is 0 Å². The summed E-state index contributed by atoms with van der Waals surface area (Å²) in [4.78, 5) is 2.18. The minimum Gasteiger partial charge on any atom is -0.309 e. The lowest BCUT2D eigenvalue weighted by Crippen LogP contribution is -2.11. The van der Waals surface area contributed by atoms with Crippen LogP contribution in [0.25, 0.3) is 0 Å². The zero-order chi connectivity index (χ0) is 4.99. The molecule has 0 aromatic rings. The first-order valence-corrected chi connectivity index (χ1v) is 2.42. The van der Waals surface area contributed by atoms with Crippen molar-refractivity contribution in [2.45, 2.75) is 13.3 Å². The average Bonchev–Trinajstić information content (AvgIpc) is 1.35. The second-order valence-corrected chi connectivity index (χ2v) is 1.80. The number of halogens is 1. The molecule has 0 saturated carbocycles. The van der Waals surface area contributed by atoms with Gasteiger partial charge in [-0.3, -0.25) is 4.70 Å². The van der Waals surface area contributed by atoms with Crippen molar-refractivity contribution in [3.63, 3.8) is 0 Å². The average molecular weight is 107 g/mol. The van der Waals surface area contributed by atoms with Crippen LogP contribution in [0.5, 0.6) is 0 Å². The van der Waals surface area contributed by atoms with Crippen LogP contribution < -0.4 is 0 Å². The van der Waals surface area contributed by atoms with Gasteiger partial charge in [-0.05, 0) is 27.1 Å². The zero-order valence-corrected chi connectivity index (χ0v) is 5.27. The molecule has 0 aliphatic heterocycles. The highest BCUT2D eigenvalue weighted by atomic mass is 19.0. The molecule has 0 unspecified atom stereocenters. The summed E-state index contributed by atoms with van der Waals surface area (Å²) in [5.41, 5.74) is 0. The van der Waals surface area contributed by atoms with Crippen LogP contribution in [-0.2, 0) is 0 Å². The van der Waals surface area contributed by atoms with Crippen LogP contribution in [0.1, 0.15) is 13.3 Å². The molecule has 46 valence electrons. The molecule has 0 N–H and O–H groups in total. The molecule has 0 amide bonds. The highest BCUT2D eigenvalue weighted by Gasteiger charge is 1.79. The van der Waals surface area contributed by atoms with Gasteiger partial charge in [0, 0.05) is 0 Å². The van der Waals surface area contributed by atoms with Crippen molar-refractivity contribution in [2.75, 3.05) is 20.6 Å². The Labute approximate surface area is 44.7 Å². The first-order valence-electron chi connectivity index (χ1n) is 2.42. The van der Waals surface area contributed by atoms with Gasteiger partial charge < -0.3 is 4.90 Å². The lowest BCUT2D eigenvalue weighted by atomic mass is 10.5. The summed E-state index contributed by atoms with van der Waals surface area (Å²) in [5, 5.41) is 0. The van der Waals surface area contributed by atoms with Gasteiger partial charge in [0.1, 0.15) is 0 Å². The van der Waals surface area contributed by atoms with Crippen LogP contribution >= 0.6 is 0 Å². The van der Waals surface area contributed by atoms with Gasteiger partial charge >= 0.3 is 0 Å². The Morgan fingerprint density at radius 2 is 1.71 bits per heavy atom. The van der Waals surface area contributed by atoms with E-state index in [9.17, 15) is 0 Å². The normalized spacial score (nSPS) is 8.57. The van der Waals surface area contributed by atoms with Gasteiger partial charge in [-0.1, -0.05) is 6.92 Å². The third-order valence-electron chi connectivity index (χ3n) is 0.671. The zero-order valence-electron chi connectivity index (χ0n) is 5.27. The Morgan fingerprint density at radius 3 is 1.71 bits per heavy atom. The van der Waals surface area contributed by atoms with Crippen LogP contribution in [0.15, 0.2) is 0 Å². The maximum Gasteiger partial charge on any atom is -0.00275 e. The van der Waals surface area contributed by atoms with Crippen molar-refractivity contribution in [3.05, 3.63) is 0 Å². The van der Waals surface area contributed by atoms with E-state index >= 15 is 0 Å². The smallest absolute Gasteiger partial charge is 0.00275 e. The molecule has 0 rings (SSSR count). The van der Waals surface area contributed by atoms with E-state index < -0.39 is 0 Å². The summed E-state index contributed by atoms with van der Waals surface area (Å²) < 4.78 is 0. The molecule has 0 aliphatic rings. The molecule has 1 nitrogen and oxygen atoms in total. The van der Waals surface area contributed by atoms with Gasteiger partial charge in [0.2, 0.25) is 0 Å². The highest BCUT2D eigenvalue weighted by Crippen LogP contribution is 1.76. The molecule has 0 spiro atoms. The first kappa shape index (κ1) is 10.00. The molecule has 0 bridgehead atoms. The standard InChI is InChI=1S/C5H13N.FH/c1-4-5-6(2)3;/h4-5H2,1-3H3;1H. The Morgan fingerprint density at radius 1 is 1.29 bits per heavy atom. The molecular weight excluding hydrogens is 93.1 g/mol. The van der Waals surface area contributed by atoms with Gasteiger partial charge in [-0.2, -0.15) is 0 Å². The number of rotatable bonds is 2. The van der Waals surface area contributed by atoms with Gasteiger partial charge in [0.25, 0.3) is 0 Å². The predicted molar refractivity (Wildman–Crippen MR) is 31.3 cm³/mol. The molecule has 0 fully saturated rings. The fourth-order valence-corrected chi connectivity index (χ4v) is 0.447. The molecule has 0 heterocycles. The molecule has 0 aromatic carbocycles. The van der Waals surface area contributed by atoms with E-state index in [1.165, 1.54) is 13.0 Å². The summed E-state index contributed by atoms with van der Waals surface area (Å²) in [5.74, 6) is 0. The first-order chi connectivity index (χ1) is 2.77. The molecule has 0 aliphatic carbocycles. The SMILES string of the molecule is CCCN(C)C.F. The topological polar surface area (TPSA) is 3.24 Å². The molecule has 0 saturated heterocycles. The summed E-state index contributed by atoms with van der Waals surface area (Å²) in [6.07, 6.45) is 1.26. The van der Waals surface area contributed by atoms with Crippen molar-refractivity contribution >= 4 is 0 Å². The van der Waals surface area contributed by atoms with Crippen LogP contribution in [0.2, 0.25) is 0 Å². The Bertz CT molecular complexity index is 29.3. The van der Waals surface area contributed by atoms with Crippen molar-refractivity contribution in [2.24, 2.45) is 0 Å².